The molecule has 1 fully saturated rings. The van der Waals surface area contributed by atoms with E-state index >= 15 is 0 Å². The third kappa shape index (κ3) is 2.79. The number of carbonyl (C=O) groups is 2. The number of aromatic nitrogens is 2. The van der Waals surface area contributed by atoms with Gasteiger partial charge in [-0.1, -0.05) is 11.4 Å². The maximum absolute atomic E-state index is 12.1. The van der Waals surface area contributed by atoms with Gasteiger partial charge in [-0.3, -0.25) is 9.59 Å². The molecule has 1 saturated carbocycles. The Bertz CT molecular complexity index is 416. The molecule has 1 unspecified atom stereocenters. The topological polar surface area (TPSA) is 83.4 Å². The highest BCUT2D eigenvalue weighted by Gasteiger charge is 2.35. The van der Waals surface area contributed by atoms with Crippen LogP contribution >= 0.6 is 11.5 Å². The first kappa shape index (κ1) is 12.0. The Kier molecular flexibility index (Phi) is 3.37. The molecule has 1 aliphatic rings. The highest BCUT2D eigenvalue weighted by atomic mass is 32.1. The van der Waals surface area contributed by atoms with Crippen LogP contribution in [0.3, 0.4) is 0 Å². The molecule has 0 aromatic carbocycles. The van der Waals surface area contributed by atoms with Gasteiger partial charge in [0.15, 0.2) is 0 Å². The molecule has 1 amide bonds. The standard InChI is InChI=1S/C10H13N3O3S/c1-6(10(15)16)5-13(7-2-3-7)9(14)8-4-11-12-17-8/h4,6-7H,2-3,5H2,1H3,(H,15,16). The van der Waals surface area contributed by atoms with Crippen LogP contribution in [0.5, 0.6) is 0 Å². The summed E-state index contributed by atoms with van der Waals surface area (Å²) in [5.74, 6) is -1.60. The van der Waals surface area contributed by atoms with E-state index in [2.05, 4.69) is 9.59 Å². The Labute approximate surface area is 102 Å². The maximum Gasteiger partial charge on any atom is 0.308 e. The molecule has 7 heteroatoms. The van der Waals surface area contributed by atoms with E-state index in [4.69, 9.17) is 5.11 Å². The van der Waals surface area contributed by atoms with Gasteiger partial charge < -0.3 is 10.0 Å². The third-order valence-electron chi connectivity index (χ3n) is 2.71. The summed E-state index contributed by atoms with van der Waals surface area (Å²) < 4.78 is 3.65. The highest BCUT2D eigenvalue weighted by molar-refractivity contribution is 7.07. The van der Waals surface area contributed by atoms with Crippen LogP contribution in [-0.4, -0.2) is 44.1 Å². The lowest BCUT2D eigenvalue weighted by atomic mass is 10.1. The van der Waals surface area contributed by atoms with Crippen molar-refractivity contribution in [2.45, 2.75) is 25.8 Å². The van der Waals surface area contributed by atoms with Crippen LogP contribution in [0, 0.1) is 5.92 Å². The normalized spacial score (nSPS) is 16.5. The van der Waals surface area contributed by atoms with E-state index in [0.29, 0.717) is 4.88 Å². The summed E-state index contributed by atoms with van der Waals surface area (Å²) in [6.45, 7) is 1.85. The van der Waals surface area contributed by atoms with Crippen LogP contribution in [0.25, 0.3) is 0 Å². The van der Waals surface area contributed by atoms with Gasteiger partial charge in [-0.05, 0) is 24.4 Å². The smallest absolute Gasteiger partial charge is 0.308 e. The van der Waals surface area contributed by atoms with Gasteiger partial charge in [0.05, 0.1) is 12.1 Å². The minimum atomic E-state index is -0.883. The van der Waals surface area contributed by atoms with Gasteiger partial charge in [-0.2, -0.15) is 0 Å². The van der Waals surface area contributed by atoms with Crippen molar-refractivity contribution >= 4 is 23.4 Å². The van der Waals surface area contributed by atoms with Gasteiger partial charge in [-0.25, -0.2) is 0 Å². The average Bonchev–Trinajstić information content (AvgIpc) is 2.98. The second kappa shape index (κ2) is 4.79. The number of carbonyl (C=O) groups excluding carboxylic acids is 1. The maximum atomic E-state index is 12.1. The van der Waals surface area contributed by atoms with E-state index in [9.17, 15) is 9.59 Å². The molecule has 1 N–H and O–H groups in total. The average molecular weight is 255 g/mol. The lowest BCUT2D eigenvalue weighted by Gasteiger charge is -2.23. The molecule has 1 aliphatic carbocycles. The van der Waals surface area contributed by atoms with Gasteiger partial charge in [0.2, 0.25) is 0 Å². The zero-order chi connectivity index (χ0) is 12.4. The van der Waals surface area contributed by atoms with Crippen LogP contribution in [0.1, 0.15) is 29.4 Å². The lowest BCUT2D eigenvalue weighted by molar-refractivity contribution is -0.141. The first-order valence-corrected chi connectivity index (χ1v) is 6.18. The monoisotopic (exact) mass is 255 g/mol. The highest BCUT2D eigenvalue weighted by Crippen LogP contribution is 2.29. The summed E-state index contributed by atoms with van der Waals surface area (Å²) in [6, 6.07) is 0.186. The van der Waals surface area contributed by atoms with Crippen molar-refractivity contribution in [2.24, 2.45) is 5.92 Å². The molecule has 6 nitrogen and oxygen atoms in total. The number of nitrogens with zero attached hydrogens (tertiary/aromatic N) is 3. The molecular weight excluding hydrogens is 242 g/mol. The Hall–Kier alpha value is -1.50. The number of amides is 1. The fraction of sp³-hybridized carbons (Fsp3) is 0.600. The predicted molar refractivity (Wildman–Crippen MR) is 60.8 cm³/mol. The van der Waals surface area contributed by atoms with Crippen molar-refractivity contribution in [3.05, 3.63) is 11.1 Å². The number of aliphatic carboxylic acids is 1. The van der Waals surface area contributed by atoms with Crippen LogP contribution in [0.15, 0.2) is 6.20 Å². The molecule has 1 aromatic heterocycles. The van der Waals surface area contributed by atoms with Crippen LogP contribution in [0.4, 0.5) is 0 Å². The molecule has 0 radical (unpaired) electrons. The molecule has 0 saturated heterocycles. The van der Waals surface area contributed by atoms with Gasteiger partial charge in [0.1, 0.15) is 4.88 Å². The second-order valence-corrected chi connectivity index (χ2v) is 5.00. The van der Waals surface area contributed by atoms with E-state index in [1.54, 1.807) is 11.8 Å². The van der Waals surface area contributed by atoms with E-state index in [0.717, 1.165) is 24.4 Å². The minimum absolute atomic E-state index is 0.157. The number of carboxylic acids is 1. The Balaban J connectivity index is 2.07. The summed E-state index contributed by atoms with van der Waals surface area (Å²) in [5.41, 5.74) is 0. The van der Waals surface area contributed by atoms with Gasteiger partial charge in [-0.15, -0.1) is 5.10 Å². The summed E-state index contributed by atoms with van der Waals surface area (Å²) >= 11 is 1.04. The van der Waals surface area contributed by atoms with Gasteiger partial charge in [0.25, 0.3) is 5.91 Å². The van der Waals surface area contributed by atoms with Crippen LogP contribution in [0.2, 0.25) is 0 Å². The fourth-order valence-corrected chi connectivity index (χ4v) is 2.03. The first-order chi connectivity index (χ1) is 8.09. The molecule has 0 spiro atoms. The molecule has 17 heavy (non-hydrogen) atoms. The van der Waals surface area contributed by atoms with Crippen LogP contribution < -0.4 is 0 Å². The zero-order valence-electron chi connectivity index (χ0n) is 9.37. The quantitative estimate of drug-likeness (QED) is 0.843. The van der Waals surface area contributed by atoms with E-state index < -0.39 is 11.9 Å². The first-order valence-electron chi connectivity index (χ1n) is 5.40. The number of hydrogen-bond acceptors (Lipinski definition) is 5. The number of carboxylic acid groups (broad SMARTS) is 1. The summed E-state index contributed by atoms with van der Waals surface area (Å²) in [7, 11) is 0. The van der Waals surface area contributed by atoms with Crippen molar-refractivity contribution in [1.29, 1.82) is 0 Å². The van der Waals surface area contributed by atoms with Crippen molar-refractivity contribution < 1.29 is 14.7 Å². The van der Waals surface area contributed by atoms with Crippen LogP contribution in [-0.2, 0) is 4.79 Å². The molecule has 92 valence electrons. The van der Waals surface area contributed by atoms with E-state index in [1.807, 2.05) is 0 Å². The molecule has 1 heterocycles. The molecule has 1 aromatic rings. The van der Waals surface area contributed by atoms with Gasteiger partial charge >= 0.3 is 5.97 Å². The minimum Gasteiger partial charge on any atom is -0.481 e. The summed E-state index contributed by atoms with van der Waals surface area (Å²) in [4.78, 5) is 25.0. The fourth-order valence-electron chi connectivity index (χ4n) is 1.56. The summed E-state index contributed by atoms with van der Waals surface area (Å²) in [6.07, 6.45) is 3.32. The van der Waals surface area contributed by atoms with Gasteiger partial charge in [0, 0.05) is 12.6 Å². The molecule has 0 bridgehead atoms. The summed E-state index contributed by atoms with van der Waals surface area (Å²) in [5, 5.41) is 12.5. The molecule has 2 rings (SSSR count). The zero-order valence-corrected chi connectivity index (χ0v) is 10.2. The predicted octanol–water partition coefficient (Wildman–Crippen LogP) is 0.863. The molecule has 1 atom stereocenters. The third-order valence-corrected chi connectivity index (χ3v) is 3.37. The molecule has 0 aliphatic heterocycles. The Morgan fingerprint density at radius 2 is 2.35 bits per heavy atom. The number of rotatable bonds is 5. The Morgan fingerprint density at radius 1 is 1.65 bits per heavy atom. The molecular formula is C10H13N3O3S. The lowest BCUT2D eigenvalue weighted by Crippen LogP contribution is -2.38. The largest absolute Gasteiger partial charge is 0.481 e. The second-order valence-electron chi connectivity index (χ2n) is 4.21. The Morgan fingerprint density at radius 3 is 2.82 bits per heavy atom. The number of hydrogen-bond donors (Lipinski definition) is 1. The SMILES string of the molecule is CC(CN(C(=O)c1cnns1)C1CC1)C(=O)O. The van der Waals surface area contributed by atoms with Crippen molar-refractivity contribution in [3.63, 3.8) is 0 Å². The van der Waals surface area contributed by atoms with Crippen molar-refractivity contribution in [3.8, 4) is 0 Å². The van der Waals surface area contributed by atoms with Crippen molar-refractivity contribution in [1.82, 2.24) is 14.5 Å². The van der Waals surface area contributed by atoms with E-state index in [1.165, 1.54) is 6.20 Å². The van der Waals surface area contributed by atoms with E-state index in [-0.39, 0.29) is 18.5 Å². The van der Waals surface area contributed by atoms with Crippen molar-refractivity contribution in [2.75, 3.05) is 6.54 Å².